The number of ether oxygens (including phenoxy) is 1. The van der Waals surface area contributed by atoms with Gasteiger partial charge in [0.15, 0.2) is 0 Å². The van der Waals surface area contributed by atoms with Gasteiger partial charge in [-0.05, 0) is 49.4 Å². The molecule has 1 fully saturated rings. The van der Waals surface area contributed by atoms with Crippen molar-refractivity contribution in [3.63, 3.8) is 0 Å². The number of hydrogen-bond acceptors (Lipinski definition) is 5. The molecule has 170 valence electrons. The maximum Gasteiger partial charge on any atom is 0.410 e. The van der Waals surface area contributed by atoms with Crippen molar-refractivity contribution in [3.8, 4) is 11.1 Å². The molecule has 0 radical (unpaired) electrons. The van der Waals surface area contributed by atoms with Crippen molar-refractivity contribution in [2.75, 3.05) is 19.7 Å². The van der Waals surface area contributed by atoms with Crippen LogP contribution in [0.5, 0.6) is 0 Å². The summed E-state index contributed by atoms with van der Waals surface area (Å²) in [5.41, 5.74) is 10.5. The number of carbonyl (C=O) groups excluding carboxylic acids is 2. The number of benzene rings is 2. The molecule has 2 aromatic rings. The molecular weight excluding hydrogens is 406 g/mol. The molecule has 32 heavy (non-hydrogen) atoms. The van der Waals surface area contributed by atoms with E-state index in [9.17, 15) is 9.59 Å². The molecule has 1 heterocycles. The van der Waals surface area contributed by atoms with E-state index < -0.39 is 17.7 Å². The molecule has 7 heteroatoms. The smallest absolute Gasteiger partial charge is 0.410 e. The van der Waals surface area contributed by atoms with Crippen molar-refractivity contribution in [3.05, 3.63) is 59.7 Å². The zero-order chi connectivity index (χ0) is 22.9. The number of piperidine rings is 1. The highest BCUT2D eigenvalue weighted by atomic mass is 16.7. The van der Waals surface area contributed by atoms with Crippen molar-refractivity contribution in [1.29, 1.82) is 0 Å². The third kappa shape index (κ3) is 4.49. The van der Waals surface area contributed by atoms with Gasteiger partial charge >= 0.3 is 6.09 Å². The van der Waals surface area contributed by atoms with Crippen LogP contribution in [-0.2, 0) is 14.4 Å². The van der Waals surface area contributed by atoms with E-state index in [1.807, 2.05) is 45.0 Å². The molecule has 2 N–H and O–H groups in total. The van der Waals surface area contributed by atoms with Gasteiger partial charge in [-0.15, -0.1) is 0 Å². The van der Waals surface area contributed by atoms with Crippen LogP contribution >= 0.6 is 0 Å². The molecule has 1 saturated heterocycles. The molecule has 2 atom stereocenters. The fraction of sp³-hybridized carbons (Fsp3) is 0.440. The zero-order valence-electron chi connectivity index (χ0n) is 18.9. The molecule has 0 bridgehead atoms. The second-order valence-electron chi connectivity index (χ2n) is 9.43. The Morgan fingerprint density at radius 1 is 1.12 bits per heavy atom. The molecule has 0 spiro atoms. The summed E-state index contributed by atoms with van der Waals surface area (Å²) in [5.74, 6) is 0.0200. The molecule has 2 aromatic carbocycles. The highest BCUT2D eigenvalue weighted by Gasteiger charge is 2.36. The summed E-state index contributed by atoms with van der Waals surface area (Å²) in [4.78, 5) is 32.1. The fourth-order valence-electron chi connectivity index (χ4n) is 4.52. The van der Waals surface area contributed by atoms with E-state index in [0.717, 1.165) is 0 Å². The minimum atomic E-state index is -0.587. The largest absolute Gasteiger partial charge is 0.444 e. The van der Waals surface area contributed by atoms with Gasteiger partial charge in [0.05, 0.1) is 12.6 Å². The monoisotopic (exact) mass is 437 g/mol. The summed E-state index contributed by atoms with van der Waals surface area (Å²) in [5, 5.41) is 1.28. The highest BCUT2D eigenvalue weighted by molar-refractivity contribution is 5.78. The summed E-state index contributed by atoms with van der Waals surface area (Å²) in [6.07, 6.45) is 0.821. The highest BCUT2D eigenvalue weighted by Crippen LogP contribution is 2.44. The number of carbonyl (C=O) groups is 2. The van der Waals surface area contributed by atoms with E-state index in [1.165, 1.54) is 27.3 Å². The molecule has 2 amide bonds. The van der Waals surface area contributed by atoms with Gasteiger partial charge in [-0.2, -0.15) is 0 Å². The minimum Gasteiger partial charge on any atom is -0.444 e. The van der Waals surface area contributed by atoms with Gasteiger partial charge in [-0.1, -0.05) is 48.5 Å². The van der Waals surface area contributed by atoms with Crippen LogP contribution in [0.2, 0.25) is 0 Å². The van der Waals surface area contributed by atoms with Gasteiger partial charge in [0.25, 0.3) is 0 Å². The van der Waals surface area contributed by atoms with E-state index in [1.54, 1.807) is 4.90 Å². The van der Waals surface area contributed by atoms with E-state index in [4.69, 9.17) is 15.3 Å². The van der Waals surface area contributed by atoms with Crippen LogP contribution in [0.3, 0.4) is 0 Å². The van der Waals surface area contributed by atoms with Crippen LogP contribution in [0, 0.1) is 0 Å². The first-order valence-corrected chi connectivity index (χ1v) is 11.1. The molecule has 0 saturated carbocycles. The molecule has 4 rings (SSSR count). The first kappa shape index (κ1) is 22.3. The maximum atomic E-state index is 12.5. The molecule has 2 aliphatic rings. The fourth-order valence-corrected chi connectivity index (χ4v) is 4.52. The lowest BCUT2D eigenvalue weighted by Crippen LogP contribution is -2.59. The first-order chi connectivity index (χ1) is 15.3. The van der Waals surface area contributed by atoms with Gasteiger partial charge < -0.3 is 15.4 Å². The number of nitrogens with two attached hydrogens (primary N) is 1. The molecule has 1 aliphatic heterocycles. The zero-order valence-corrected chi connectivity index (χ0v) is 18.9. The van der Waals surface area contributed by atoms with Gasteiger partial charge in [-0.25, -0.2) is 9.86 Å². The van der Waals surface area contributed by atoms with Crippen LogP contribution < -0.4 is 5.73 Å². The van der Waals surface area contributed by atoms with E-state index in [2.05, 4.69) is 24.3 Å². The van der Waals surface area contributed by atoms with E-state index in [-0.39, 0.29) is 18.5 Å². The Labute approximate surface area is 189 Å². The number of likely N-dealkylation sites (tertiary alicyclic amines) is 1. The van der Waals surface area contributed by atoms with Crippen molar-refractivity contribution < 1.29 is 19.2 Å². The Hall–Kier alpha value is -2.90. The topological polar surface area (TPSA) is 85.1 Å². The number of hydrogen-bond donors (Lipinski definition) is 1. The van der Waals surface area contributed by atoms with Crippen molar-refractivity contribution in [1.82, 2.24) is 9.96 Å². The Kier molecular flexibility index (Phi) is 6.22. The minimum absolute atomic E-state index is 0.0200. The lowest BCUT2D eigenvalue weighted by Gasteiger charge is -2.40. The van der Waals surface area contributed by atoms with Crippen LogP contribution in [0.15, 0.2) is 48.5 Å². The number of fused-ring (bicyclic) bond motifs is 3. The summed E-state index contributed by atoms with van der Waals surface area (Å²) in [7, 11) is 0. The maximum absolute atomic E-state index is 12.5. The van der Waals surface area contributed by atoms with Crippen molar-refractivity contribution in [2.45, 2.75) is 50.8 Å². The van der Waals surface area contributed by atoms with Gasteiger partial charge in [-0.3, -0.25) is 9.63 Å². The third-order valence-electron chi connectivity index (χ3n) is 6.07. The predicted octanol–water partition coefficient (Wildman–Crippen LogP) is 3.53. The summed E-state index contributed by atoms with van der Waals surface area (Å²) >= 11 is 0. The quantitative estimate of drug-likeness (QED) is 0.571. The molecule has 7 nitrogen and oxygen atoms in total. The summed E-state index contributed by atoms with van der Waals surface area (Å²) < 4.78 is 5.49. The van der Waals surface area contributed by atoms with Crippen LogP contribution in [0.1, 0.15) is 44.2 Å². The second kappa shape index (κ2) is 8.92. The predicted molar refractivity (Wildman–Crippen MR) is 122 cm³/mol. The standard InChI is InChI=1S/C25H31N3O4/c1-25(2,3)32-24(30)27-13-12-22(26)23(14-27)28(16-29)31-15-21-19-10-6-4-8-17(19)18-9-5-7-11-20(18)21/h4-11,16,21-23H,12-15,26H2,1-3H3/t22-,23+/m1/s1. The number of amides is 2. The normalized spacial score (nSPS) is 20.4. The average Bonchev–Trinajstić information content (AvgIpc) is 3.08. The SMILES string of the molecule is CC(C)(C)OC(=O)N1CC[C@@H](N)[C@@H](N(C=O)OCC2c3ccccc3-c3ccccc32)C1. The van der Waals surface area contributed by atoms with Crippen molar-refractivity contribution in [2.24, 2.45) is 5.73 Å². The molecular formula is C25H31N3O4. The van der Waals surface area contributed by atoms with Gasteiger partial charge in [0, 0.05) is 25.0 Å². The Balaban J connectivity index is 1.48. The number of rotatable bonds is 5. The third-order valence-corrected chi connectivity index (χ3v) is 6.07. The number of hydroxylamine groups is 2. The summed E-state index contributed by atoms with van der Waals surface area (Å²) in [6, 6.07) is 15.8. The average molecular weight is 438 g/mol. The van der Waals surface area contributed by atoms with Crippen molar-refractivity contribution >= 4 is 12.5 Å². The lowest BCUT2D eigenvalue weighted by molar-refractivity contribution is -0.194. The Morgan fingerprint density at radius 3 is 2.28 bits per heavy atom. The van der Waals surface area contributed by atoms with Crippen LogP contribution in [0.25, 0.3) is 11.1 Å². The number of nitrogens with zero attached hydrogens (tertiary/aromatic N) is 2. The van der Waals surface area contributed by atoms with Gasteiger partial charge in [0.2, 0.25) is 6.41 Å². The Morgan fingerprint density at radius 2 is 1.72 bits per heavy atom. The lowest BCUT2D eigenvalue weighted by atomic mass is 9.98. The second-order valence-corrected chi connectivity index (χ2v) is 9.43. The summed E-state index contributed by atoms with van der Waals surface area (Å²) in [6.45, 7) is 6.56. The first-order valence-electron chi connectivity index (χ1n) is 11.1. The molecule has 1 aliphatic carbocycles. The van der Waals surface area contributed by atoms with E-state index in [0.29, 0.717) is 26.0 Å². The van der Waals surface area contributed by atoms with E-state index >= 15 is 0 Å². The molecule has 0 unspecified atom stereocenters. The van der Waals surface area contributed by atoms with Crippen LogP contribution in [0.4, 0.5) is 4.79 Å². The van der Waals surface area contributed by atoms with Gasteiger partial charge in [0.1, 0.15) is 5.60 Å². The Bertz CT molecular complexity index is 942. The van der Waals surface area contributed by atoms with Crippen LogP contribution in [-0.4, -0.2) is 59.8 Å². The molecule has 0 aromatic heterocycles.